The van der Waals surface area contributed by atoms with E-state index in [0.29, 0.717) is 19.5 Å². The number of sulfone groups is 1. The summed E-state index contributed by atoms with van der Waals surface area (Å²) in [5, 5.41) is 11.6. The van der Waals surface area contributed by atoms with E-state index in [4.69, 9.17) is 5.11 Å². The second-order valence-corrected chi connectivity index (χ2v) is 6.40. The summed E-state index contributed by atoms with van der Waals surface area (Å²) in [7, 11) is -2.82. The predicted octanol–water partition coefficient (Wildman–Crippen LogP) is -0.269. The molecule has 5 nitrogen and oxygen atoms in total. The van der Waals surface area contributed by atoms with E-state index in [-0.39, 0.29) is 17.4 Å². The van der Waals surface area contributed by atoms with Gasteiger partial charge in [-0.3, -0.25) is 4.79 Å². The van der Waals surface area contributed by atoms with E-state index in [9.17, 15) is 13.2 Å². The Hall–Kier alpha value is -0.620. The Bertz CT molecular complexity index is 325. The molecule has 0 saturated carbocycles. The summed E-state index contributed by atoms with van der Waals surface area (Å²) in [4.78, 5) is 10.5. The van der Waals surface area contributed by atoms with Gasteiger partial charge in [-0.15, -0.1) is 0 Å². The van der Waals surface area contributed by atoms with E-state index in [1.54, 1.807) is 6.92 Å². The molecule has 1 fully saturated rings. The number of rotatable bonds is 5. The molecule has 1 heterocycles. The Morgan fingerprint density at radius 1 is 1.60 bits per heavy atom. The van der Waals surface area contributed by atoms with Crippen molar-refractivity contribution in [2.24, 2.45) is 11.8 Å². The molecule has 0 bridgehead atoms. The molecule has 6 heteroatoms. The SMILES string of the molecule is CC(CNCC1CCS(=O)(=O)C1)C(=O)O. The third kappa shape index (κ3) is 4.17. The number of carbonyl (C=O) groups is 1. The molecule has 1 rings (SSSR count). The number of hydrogen-bond acceptors (Lipinski definition) is 4. The molecule has 0 aromatic carbocycles. The van der Waals surface area contributed by atoms with E-state index in [0.717, 1.165) is 0 Å². The predicted molar refractivity (Wildman–Crippen MR) is 56.4 cm³/mol. The minimum Gasteiger partial charge on any atom is -0.481 e. The summed E-state index contributed by atoms with van der Waals surface area (Å²) in [6.07, 6.45) is 0.691. The molecule has 0 spiro atoms. The first-order chi connectivity index (χ1) is 6.91. The van der Waals surface area contributed by atoms with Gasteiger partial charge in [0.15, 0.2) is 9.84 Å². The molecule has 0 radical (unpaired) electrons. The van der Waals surface area contributed by atoms with Crippen LogP contribution in [0.15, 0.2) is 0 Å². The van der Waals surface area contributed by atoms with E-state index in [1.165, 1.54) is 0 Å². The molecular weight excluding hydrogens is 218 g/mol. The molecule has 2 atom stereocenters. The summed E-state index contributed by atoms with van der Waals surface area (Å²) >= 11 is 0. The summed E-state index contributed by atoms with van der Waals surface area (Å²) in [5.41, 5.74) is 0. The molecule has 0 aliphatic carbocycles. The first kappa shape index (κ1) is 12.4. The number of nitrogens with one attached hydrogen (secondary N) is 1. The van der Waals surface area contributed by atoms with Crippen molar-refractivity contribution in [3.8, 4) is 0 Å². The molecule has 0 amide bonds. The molecular formula is C9H17NO4S. The van der Waals surface area contributed by atoms with E-state index >= 15 is 0 Å². The lowest BCUT2D eigenvalue weighted by Crippen LogP contribution is -2.30. The van der Waals surface area contributed by atoms with Crippen LogP contribution in [0.25, 0.3) is 0 Å². The fourth-order valence-electron chi connectivity index (χ4n) is 1.62. The fraction of sp³-hybridized carbons (Fsp3) is 0.889. The number of aliphatic carboxylic acids is 1. The van der Waals surface area contributed by atoms with Crippen LogP contribution < -0.4 is 5.32 Å². The molecule has 2 N–H and O–H groups in total. The van der Waals surface area contributed by atoms with Crippen LogP contribution in [0.5, 0.6) is 0 Å². The van der Waals surface area contributed by atoms with Gasteiger partial charge in [0.25, 0.3) is 0 Å². The monoisotopic (exact) mass is 235 g/mol. The highest BCUT2D eigenvalue weighted by molar-refractivity contribution is 7.91. The van der Waals surface area contributed by atoms with Gasteiger partial charge in [-0.2, -0.15) is 0 Å². The average Bonchev–Trinajstić information content (AvgIpc) is 2.45. The Labute approximate surface area is 89.8 Å². The van der Waals surface area contributed by atoms with Gasteiger partial charge in [-0.1, -0.05) is 6.92 Å². The van der Waals surface area contributed by atoms with Crippen molar-refractivity contribution >= 4 is 15.8 Å². The van der Waals surface area contributed by atoms with Gasteiger partial charge in [0.2, 0.25) is 0 Å². The third-order valence-corrected chi connectivity index (χ3v) is 4.47. The average molecular weight is 235 g/mol. The highest BCUT2D eigenvalue weighted by Crippen LogP contribution is 2.17. The number of hydrogen-bond donors (Lipinski definition) is 2. The van der Waals surface area contributed by atoms with Crippen molar-refractivity contribution in [2.75, 3.05) is 24.6 Å². The minimum atomic E-state index is -2.82. The minimum absolute atomic E-state index is 0.149. The smallest absolute Gasteiger partial charge is 0.307 e. The molecule has 2 unspecified atom stereocenters. The van der Waals surface area contributed by atoms with Crippen molar-refractivity contribution in [3.05, 3.63) is 0 Å². The van der Waals surface area contributed by atoms with Crippen LogP contribution in [0.1, 0.15) is 13.3 Å². The van der Waals surface area contributed by atoms with Crippen molar-refractivity contribution in [2.45, 2.75) is 13.3 Å². The van der Waals surface area contributed by atoms with Gasteiger partial charge in [-0.05, 0) is 18.9 Å². The van der Waals surface area contributed by atoms with E-state index in [2.05, 4.69) is 5.32 Å². The molecule has 1 aliphatic rings. The van der Waals surface area contributed by atoms with Gasteiger partial charge in [-0.25, -0.2) is 8.42 Å². The van der Waals surface area contributed by atoms with Crippen molar-refractivity contribution in [1.82, 2.24) is 5.32 Å². The summed E-state index contributed by atoms with van der Waals surface area (Å²) < 4.78 is 22.2. The molecule has 15 heavy (non-hydrogen) atoms. The van der Waals surface area contributed by atoms with Gasteiger partial charge >= 0.3 is 5.97 Å². The fourth-order valence-corrected chi connectivity index (χ4v) is 3.49. The van der Waals surface area contributed by atoms with Crippen LogP contribution >= 0.6 is 0 Å². The topological polar surface area (TPSA) is 83.5 Å². The van der Waals surface area contributed by atoms with E-state index in [1.807, 2.05) is 0 Å². The first-order valence-corrected chi connectivity index (χ1v) is 6.87. The summed E-state index contributed by atoms with van der Waals surface area (Å²) in [5.74, 6) is -0.601. The lowest BCUT2D eigenvalue weighted by molar-refractivity contribution is -0.140. The van der Waals surface area contributed by atoms with Gasteiger partial charge in [0.05, 0.1) is 17.4 Å². The second-order valence-electron chi connectivity index (χ2n) is 4.17. The largest absolute Gasteiger partial charge is 0.481 e. The molecule has 1 aliphatic heterocycles. The number of carboxylic acid groups (broad SMARTS) is 1. The van der Waals surface area contributed by atoms with Crippen LogP contribution in [0.3, 0.4) is 0 Å². The van der Waals surface area contributed by atoms with Crippen LogP contribution in [0, 0.1) is 11.8 Å². The van der Waals surface area contributed by atoms with Gasteiger partial charge in [0, 0.05) is 6.54 Å². The first-order valence-electron chi connectivity index (χ1n) is 5.04. The van der Waals surface area contributed by atoms with Crippen LogP contribution in [-0.2, 0) is 14.6 Å². The Morgan fingerprint density at radius 3 is 2.73 bits per heavy atom. The van der Waals surface area contributed by atoms with Gasteiger partial charge < -0.3 is 10.4 Å². The number of carboxylic acids is 1. The quantitative estimate of drug-likeness (QED) is 0.685. The van der Waals surface area contributed by atoms with Gasteiger partial charge in [0.1, 0.15) is 0 Å². The van der Waals surface area contributed by atoms with Crippen molar-refractivity contribution < 1.29 is 18.3 Å². The normalized spacial score (nSPS) is 26.3. The summed E-state index contributed by atoms with van der Waals surface area (Å²) in [6, 6.07) is 0. The zero-order valence-corrected chi connectivity index (χ0v) is 9.59. The zero-order valence-electron chi connectivity index (χ0n) is 8.77. The third-order valence-electron chi connectivity index (χ3n) is 2.63. The van der Waals surface area contributed by atoms with Crippen molar-refractivity contribution in [1.29, 1.82) is 0 Å². The lowest BCUT2D eigenvalue weighted by atomic mass is 10.1. The maximum atomic E-state index is 11.1. The molecule has 0 aromatic heterocycles. The lowest BCUT2D eigenvalue weighted by Gasteiger charge is -2.11. The van der Waals surface area contributed by atoms with Crippen LogP contribution in [0.2, 0.25) is 0 Å². The zero-order chi connectivity index (χ0) is 11.5. The molecule has 88 valence electrons. The molecule has 1 saturated heterocycles. The highest BCUT2D eigenvalue weighted by Gasteiger charge is 2.27. The van der Waals surface area contributed by atoms with Crippen LogP contribution in [-0.4, -0.2) is 44.1 Å². The standard InChI is InChI=1S/C9H17NO4S/c1-7(9(11)12)4-10-5-8-2-3-15(13,14)6-8/h7-8,10H,2-6H2,1H3,(H,11,12). The van der Waals surface area contributed by atoms with E-state index < -0.39 is 21.7 Å². The Morgan fingerprint density at radius 2 is 2.27 bits per heavy atom. The Balaban J connectivity index is 2.20. The molecule has 0 aromatic rings. The Kier molecular flexibility index (Phi) is 4.10. The van der Waals surface area contributed by atoms with Crippen molar-refractivity contribution in [3.63, 3.8) is 0 Å². The van der Waals surface area contributed by atoms with Crippen LogP contribution in [0.4, 0.5) is 0 Å². The second kappa shape index (κ2) is 4.94. The maximum Gasteiger partial charge on any atom is 0.307 e. The summed E-state index contributed by atoms with van der Waals surface area (Å²) in [6.45, 7) is 2.61. The highest BCUT2D eigenvalue weighted by atomic mass is 32.2. The maximum absolute atomic E-state index is 11.1.